The first-order valence-corrected chi connectivity index (χ1v) is 6.52. The molecule has 2 rings (SSSR count). The fraction of sp³-hybridized carbons (Fsp3) is 0.533. The lowest BCUT2D eigenvalue weighted by Gasteiger charge is -2.34. The van der Waals surface area contributed by atoms with Gasteiger partial charge in [0.05, 0.1) is 12.5 Å². The number of rotatable bonds is 4. The molecule has 0 radical (unpaired) electrons. The van der Waals surface area contributed by atoms with E-state index in [-0.39, 0.29) is 12.0 Å². The zero-order valence-electron chi connectivity index (χ0n) is 11.1. The van der Waals surface area contributed by atoms with Crippen molar-refractivity contribution in [2.24, 2.45) is 5.92 Å². The van der Waals surface area contributed by atoms with E-state index in [0.717, 1.165) is 24.9 Å². The Labute approximate surface area is 108 Å². The van der Waals surface area contributed by atoms with Gasteiger partial charge in [-0.05, 0) is 31.2 Å². The Hall–Kier alpha value is -1.35. The summed E-state index contributed by atoms with van der Waals surface area (Å²) in [5.74, 6) is 0.633. The average Bonchev–Trinajstić information content (AvgIpc) is 2.26. The first-order chi connectivity index (χ1) is 8.54. The molecule has 98 valence electrons. The zero-order valence-corrected chi connectivity index (χ0v) is 11.1. The van der Waals surface area contributed by atoms with Gasteiger partial charge in [0, 0.05) is 13.6 Å². The van der Waals surface area contributed by atoms with E-state index in [0.29, 0.717) is 12.3 Å². The van der Waals surface area contributed by atoms with Crippen molar-refractivity contribution < 1.29 is 9.90 Å². The molecule has 0 bridgehead atoms. The number of hydrogen-bond donors (Lipinski definition) is 1. The van der Waals surface area contributed by atoms with Crippen molar-refractivity contribution in [3.8, 4) is 0 Å². The molecule has 18 heavy (non-hydrogen) atoms. The first kappa shape index (κ1) is 13.1. The zero-order chi connectivity index (χ0) is 13.1. The molecule has 1 amide bonds. The number of carbonyl (C=O) groups is 1. The highest BCUT2D eigenvalue weighted by Gasteiger charge is 2.28. The molecule has 0 spiro atoms. The van der Waals surface area contributed by atoms with Gasteiger partial charge in [-0.2, -0.15) is 0 Å². The monoisotopic (exact) mass is 247 g/mol. The van der Waals surface area contributed by atoms with Crippen LogP contribution in [-0.2, 0) is 11.2 Å². The normalized spacial score (nSPS) is 22.4. The molecule has 1 fully saturated rings. The molecular weight excluding hydrogens is 226 g/mol. The molecule has 0 heterocycles. The predicted octanol–water partition coefficient (Wildman–Crippen LogP) is 1.77. The van der Waals surface area contributed by atoms with Gasteiger partial charge in [0.15, 0.2) is 0 Å². The van der Waals surface area contributed by atoms with Gasteiger partial charge in [-0.1, -0.05) is 29.8 Å². The number of likely N-dealkylation sites (N-methyl/N-ethyl adjacent to an activating group) is 1. The maximum atomic E-state index is 12.0. The third-order valence-corrected chi connectivity index (χ3v) is 3.61. The van der Waals surface area contributed by atoms with Crippen molar-refractivity contribution >= 4 is 5.91 Å². The van der Waals surface area contributed by atoms with Crippen molar-refractivity contribution in [1.29, 1.82) is 0 Å². The van der Waals surface area contributed by atoms with E-state index in [4.69, 9.17) is 0 Å². The number of carbonyl (C=O) groups excluding carboxylic acids is 1. The lowest BCUT2D eigenvalue weighted by molar-refractivity contribution is -0.130. The lowest BCUT2D eigenvalue weighted by atomic mass is 9.82. The van der Waals surface area contributed by atoms with Crippen molar-refractivity contribution in [2.75, 3.05) is 13.6 Å². The summed E-state index contributed by atoms with van der Waals surface area (Å²) >= 11 is 0. The molecule has 0 saturated heterocycles. The molecule has 1 aromatic carbocycles. The highest BCUT2D eigenvalue weighted by atomic mass is 16.3. The second-order valence-corrected chi connectivity index (χ2v) is 5.43. The lowest BCUT2D eigenvalue weighted by Crippen LogP contribution is -2.40. The number of nitrogens with zero attached hydrogens (tertiary/aromatic N) is 1. The molecular formula is C15H21NO2. The largest absolute Gasteiger partial charge is 0.393 e. The Kier molecular flexibility index (Phi) is 4.02. The van der Waals surface area contributed by atoms with Crippen LogP contribution in [0.5, 0.6) is 0 Å². The smallest absolute Gasteiger partial charge is 0.226 e. The van der Waals surface area contributed by atoms with Gasteiger partial charge < -0.3 is 10.0 Å². The minimum Gasteiger partial charge on any atom is -0.393 e. The fourth-order valence-corrected chi connectivity index (χ4v) is 2.47. The summed E-state index contributed by atoms with van der Waals surface area (Å²) in [6.45, 7) is 2.80. The number of aryl methyl sites for hydroxylation is 1. The molecule has 1 aliphatic rings. The van der Waals surface area contributed by atoms with Crippen LogP contribution < -0.4 is 0 Å². The van der Waals surface area contributed by atoms with Gasteiger partial charge in [0.1, 0.15) is 0 Å². The summed E-state index contributed by atoms with van der Waals surface area (Å²) in [7, 11) is 1.85. The Balaban J connectivity index is 1.83. The molecule has 1 aromatic rings. The van der Waals surface area contributed by atoms with Gasteiger partial charge in [-0.3, -0.25) is 4.79 Å². The Bertz CT molecular complexity index is 424. The molecule has 3 nitrogen and oxygen atoms in total. The summed E-state index contributed by atoms with van der Waals surface area (Å²) in [6.07, 6.45) is 1.99. The Morgan fingerprint density at radius 1 is 1.44 bits per heavy atom. The summed E-state index contributed by atoms with van der Waals surface area (Å²) in [5, 5.41) is 9.23. The molecule has 0 atom stereocenters. The van der Waals surface area contributed by atoms with Crippen LogP contribution in [0, 0.1) is 12.8 Å². The van der Waals surface area contributed by atoms with Gasteiger partial charge in [0.25, 0.3) is 0 Å². The Morgan fingerprint density at radius 2 is 2.17 bits per heavy atom. The second kappa shape index (κ2) is 5.53. The molecule has 1 saturated carbocycles. The predicted molar refractivity (Wildman–Crippen MR) is 71.3 cm³/mol. The number of amides is 1. The maximum absolute atomic E-state index is 12.0. The molecule has 0 unspecified atom stereocenters. The number of aliphatic hydroxyl groups is 1. The van der Waals surface area contributed by atoms with Gasteiger partial charge >= 0.3 is 0 Å². The number of hydrogen-bond acceptors (Lipinski definition) is 2. The van der Waals surface area contributed by atoms with Crippen LogP contribution in [0.25, 0.3) is 0 Å². The van der Waals surface area contributed by atoms with Crippen LogP contribution in [-0.4, -0.2) is 35.6 Å². The topological polar surface area (TPSA) is 40.5 Å². The van der Waals surface area contributed by atoms with Gasteiger partial charge in [-0.15, -0.1) is 0 Å². The minimum absolute atomic E-state index is 0.143. The van der Waals surface area contributed by atoms with E-state index >= 15 is 0 Å². The minimum atomic E-state index is -0.143. The van der Waals surface area contributed by atoms with E-state index in [1.807, 2.05) is 32.2 Å². The van der Waals surface area contributed by atoms with Crippen LogP contribution >= 0.6 is 0 Å². The fourth-order valence-electron chi connectivity index (χ4n) is 2.47. The molecule has 0 aromatic heterocycles. The van der Waals surface area contributed by atoms with E-state index in [9.17, 15) is 9.90 Å². The van der Waals surface area contributed by atoms with Crippen molar-refractivity contribution in [3.63, 3.8) is 0 Å². The number of aliphatic hydroxyl groups excluding tert-OH is 1. The Morgan fingerprint density at radius 3 is 2.78 bits per heavy atom. The summed E-state index contributed by atoms with van der Waals surface area (Å²) in [5.41, 5.74) is 2.26. The highest BCUT2D eigenvalue weighted by Crippen LogP contribution is 2.27. The van der Waals surface area contributed by atoms with Gasteiger partial charge in [-0.25, -0.2) is 0 Å². The van der Waals surface area contributed by atoms with Crippen LogP contribution in [0.1, 0.15) is 24.0 Å². The van der Waals surface area contributed by atoms with E-state index < -0.39 is 0 Å². The molecule has 1 aliphatic carbocycles. The van der Waals surface area contributed by atoms with Crippen LogP contribution in [0.4, 0.5) is 0 Å². The SMILES string of the molecule is Cc1cccc(CC(=O)N(C)CC2CC(O)C2)c1. The van der Waals surface area contributed by atoms with Crippen molar-refractivity contribution in [1.82, 2.24) is 4.90 Å². The third-order valence-electron chi connectivity index (χ3n) is 3.61. The van der Waals surface area contributed by atoms with Crippen LogP contribution in [0.3, 0.4) is 0 Å². The standard InChI is InChI=1S/C15H21NO2/c1-11-4-3-5-12(6-11)9-15(18)16(2)10-13-7-14(17)8-13/h3-6,13-14,17H,7-10H2,1-2H3. The second-order valence-electron chi connectivity index (χ2n) is 5.43. The van der Waals surface area contributed by atoms with Crippen molar-refractivity contribution in [2.45, 2.75) is 32.3 Å². The van der Waals surface area contributed by atoms with Crippen molar-refractivity contribution in [3.05, 3.63) is 35.4 Å². The van der Waals surface area contributed by atoms with E-state index in [1.54, 1.807) is 4.90 Å². The van der Waals surface area contributed by atoms with Gasteiger partial charge in [0.2, 0.25) is 5.91 Å². The van der Waals surface area contributed by atoms with E-state index in [1.165, 1.54) is 5.56 Å². The van der Waals surface area contributed by atoms with E-state index in [2.05, 4.69) is 6.07 Å². The average molecular weight is 247 g/mol. The van der Waals surface area contributed by atoms with Crippen LogP contribution in [0.15, 0.2) is 24.3 Å². The maximum Gasteiger partial charge on any atom is 0.226 e. The summed E-state index contributed by atoms with van der Waals surface area (Å²) < 4.78 is 0. The molecule has 3 heteroatoms. The molecule has 1 N–H and O–H groups in total. The third kappa shape index (κ3) is 3.33. The first-order valence-electron chi connectivity index (χ1n) is 6.52. The highest BCUT2D eigenvalue weighted by molar-refractivity contribution is 5.78. The quantitative estimate of drug-likeness (QED) is 0.881. The number of benzene rings is 1. The van der Waals surface area contributed by atoms with Crippen LogP contribution in [0.2, 0.25) is 0 Å². The summed E-state index contributed by atoms with van der Waals surface area (Å²) in [4.78, 5) is 13.8. The molecule has 0 aliphatic heterocycles. The summed E-state index contributed by atoms with van der Waals surface area (Å²) in [6, 6.07) is 8.07.